The van der Waals surface area contributed by atoms with E-state index in [1.807, 2.05) is 79.7 Å². The van der Waals surface area contributed by atoms with Crippen LogP contribution >= 0.6 is 0 Å². The lowest BCUT2D eigenvalue weighted by Crippen LogP contribution is -2.12. The molecule has 0 saturated heterocycles. The van der Waals surface area contributed by atoms with Gasteiger partial charge in [0, 0.05) is 28.9 Å². The lowest BCUT2D eigenvalue weighted by Gasteiger charge is -2.14. The Balaban J connectivity index is 1.28. The fourth-order valence-electron chi connectivity index (χ4n) is 4.29. The van der Waals surface area contributed by atoms with Crippen molar-refractivity contribution >= 4 is 23.4 Å². The Kier molecular flexibility index (Phi) is 10.4. The van der Waals surface area contributed by atoms with Crippen molar-refractivity contribution in [3.63, 3.8) is 0 Å². The number of anilines is 2. The van der Waals surface area contributed by atoms with Gasteiger partial charge in [-0.2, -0.15) is 0 Å². The number of nitrogens with zero attached hydrogens (tertiary/aromatic N) is 2. The van der Waals surface area contributed by atoms with Crippen LogP contribution < -0.4 is 10.1 Å². The fourth-order valence-corrected chi connectivity index (χ4v) is 4.29. The predicted octanol–water partition coefficient (Wildman–Crippen LogP) is 6.81. The van der Waals surface area contributed by atoms with Crippen LogP contribution in [0.4, 0.5) is 11.5 Å². The van der Waals surface area contributed by atoms with Gasteiger partial charge in [-0.3, -0.25) is 4.79 Å². The number of carboxylic acids is 1. The van der Waals surface area contributed by atoms with Gasteiger partial charge in [0.2, 0.25) is 0 Å². The maximum Gasteiger partial charge on any atom is 0.338 e. The molecule has 0 radical (unpaired) electrons. The van der Waals surface area contributed by atoms with Gasteiger partial charge in [-0.25, -0.2) is 14.8 Å². The summed E-state index contributed by atoms with van der Waals surface area (Å²) in [5, 5.41) is 12.4. The molecule has 1 atom stereocenters. The van der Waals surface area contributed by atoms with Crippen LogP contribution in [-0.2, 0) is 22.4 Å². The molecule has 4 rings (SSSR count). The molecule has 0 amide bonds. The molecule has 0 spiro atoms. The number of hydrogen-bond donors (Lipinski definition) is 2. The van der Waals surface area contributed by atoms with Crippen LogP contribution in [0, 0.1) is 12.8 Å². The van der Waals surface area contributed by atoms with Gasteiger partial charge in [0.05, 0.1) is 24.7 Å². The van der Waals surface area contributed by atoms with E-state index in [4.69, 9.17) is 24.5 Å². The number of carbonyl (C=O) groups is 2. The van der Waals surface area contributed by atoms with E-state index in [2.05, 4.69) is 11.9 Å². The van der Waals surface area contributed by atoms with Gasteiger partial charge >= 0.3 is 11.9 Å². The molecule has 0 unspecified atom stereocenters. The summed E-state index contributed by atoms with van der Waals surface area (Å²) in [5.41, 5.74) is 4.93. The van der Waals surface area contributed by atoms with Crippen molar-refractivity contribution in [3.05, 3.63) is 114 Å². The SMILES string of the molecule is C=CCc1c(C)nc(-c2ccccc2)nc1Nc1ccc(C(=O)OCCCOc2ccc(C[C@H](C)C(=O)O)cc2)cc1. The van der Waals surface area contributed by atoms with Gasteiger partial charge in [-0.15, -0.1) is 6.58 Å². The Hall–Kier alpha value is -4.98. The zero-order chi connectivity index (χ0) is 29.9. The highest BCUT2D eigenvalue weighted by molar-refractivity contribution is 5.90. The first kappa shape index (κ1) is 30.0. The molecule has 2 N–H and O–H groups in total. The van der Waals surface area contributed by atoms with E-state index in [0.717, 1.165) is 28.1 Å². The third-order valence-electron chi connectivity index (χ3n) is 6.66. The minimum absolute atomic E-state index is 0.223. The Morgan fingerprint density at radius 1 is 0.976 bits per heavy atom. The number of aromatic nitrogens is 2. The number of carboxylic acid groups (broad SMARTS) is 1. The lowest BCUT2D eigenvalue weighted by atomic mass is 10.0. The molecule has 8 nitrogen and oxygen atoms in total. The maximum atomic E-state index is 12.5. The summed E-state index contributed by atoms with van der Waals surface area (Å²) in [6.07, 6.45) is 3.44. The molecular formula is C34H35N3O5. The second-order valence-corrected chi connectivity index (χ2v) is 9.95. The van der Waals surface area contributed by atoms with Crippen molar-refractivity contribution in [2.45, 2.75) is 33.1 Å². The van der Waals surface area contributed by atoms with E-state index >= 15 is 0 Å². The van der Waals surface area contributed by atoms with Crippen LogP contribution in [0.5, 0.6) is 5.75 Å². The first-order chi connectivity index (χ1) is 20.3. The molecule has 0 aliphatic rings. The number of hydrogen-bond acceptors (Lipinski definition) is 7. The summed E-state index contributed by atoms with van der Waals surface area (Å²) in [7, 11) is 0. The zero-order valence-corrected chi connectivity index (χ0v) is 23.9. The van der Waals surface area contributed by atoms with Gasteiger partial charge < -0.3 is 19.9 Å². The highest BCUT2D eigenvalue weighted by Gasteiger charge is 2.14. The largest absolute Gasteiger partial charge is 0.493 e. The second kappa shape index (κ2) is 14.6. The van der Waals surface area contributed by atoms with Crippen molar-refractivity contribution in [3.8, 4) is 17.1 Å². The van der Waals surface area contributed by atoms with E-state index < -0.39 is 17.9 Å². The fraction of sp³-hybridized carbons (Fsp3) is 0.235. The summed E-state index contributed by atoms with van der Waals surface area (Å²) in [5.74, 6) is 0.350. The van der Waals surface area contributed by atoms with Gasteiger partial charge in [0.15, 0.2) is 5.82 Å². The molecule has 3 aromatic carbocycles. The average molecular weight is 566 g/mol. The molecule has 1 heterocycles. The number of aryl methyl sites for hydroxylation is 1. The third kappa shape index (κ3) is 8.27. The van der Waals surface area contributed by atoms with E-state index in [1.165, 1.54) is 0 Å². The Morgan fingerprint density at radius 2 is 1.69 bits per heavy atom. The van der Waals surface area contributed by atoms with Crippen LogP contribution in [0.2, 0.25) is 0 Å². The molecule has 42 heavy (non-hydrogen) atoms. The van der Waals surface area contributed by atoms with Gasteiger partial charge in [0.25, 0.3) is 0 Å². The average Bonchev–Trinajstić information content (AvgIpc) is 3.00. The van der Waals surface area contributed by atoms with Crippen LogP contribution in [0.3, 0.4) is 0 Å². The predicted molar refractivity (Wildman–Crippen MR) is 163 cm³/mol. The molecule has 216 valence electrons. The minimum atomic E-state index is -0.815. The number of benzene rings is 3. The molecule has 0 aliphatic heterocycles. The molecule has 4 aromatic rings. The summed E-state index contributed by atoms with van der Waals surface area (Å²) in [6, 6.07) is 24.2. The highest BCUT2D eigenvalue weighted by atomic mass is 16.5. The Morgan fingerprint density at radius 3 is 2.36 bits per heavy atom. The van der Waals surface area contributed by atoms with E-state index in [-0.39, 0.29) is 6.61 Å². The number of rotatable bonds is 14. The van der Waals surface area contributed by atoms with E-state index in [9.17, 15) is 9.59 Å². The van der Waals surface area contributed by atoms with Crippen LogP contribution in [0.15, 0.2) is 91.5 Å². The Bertz CT molecular complexity index is 1500. The quantitative estimate of drug-likeness (QED) is 0.0974. The number of nitrogens with one attached hydrogen (secondary N) is 1. The number of esters is 1. The van der Waals surface area contributed by atoms with Crippen molar-refractivity contribution in [2.24, 2.45) is 5.92 Å². The first-order valence-corrected chi connectivity index (χ1v) is 13.9. The van der Waals surface area contributed by atoms with Crippen molar-refractivity contribution in [1.82, 2.24) is 9.97 Å². The van der Waals surface area contributed by atoms with Gasteiger partial charge in [0.1, 0.15) is 11.6 Å². The summed E-state index contributed by atoms with van der Waals surface area (Å²) >= 11 is 0. The van der Waals surface area contributed by atoms with Gasteiger partial charge in [-0.1, -0.05) is 55.5 Å². The summed E-state index contributed by atoms with van der Waals surface area (Å²) < 4.78 is 11.1. The molecule has 8 heteroatoms. The van der Waals surface area contributed by atoms with E-state index in [0.29, 0.717) is 48.8 Å². The minimum Gasteiger partial charge on any atom is -0.493 e. The first-order valence-electron chi connectivity index (χ1n) is 13.9. The third-order valence-corrected chi connectivity index (χ3v) is 6.66. The van der Waals surface area contributed by atoms with Crippen LogP contribution in [0.25, 0.3) is 11.4 Å². The smallest absolute Gasteiger partial charge is 0.338 e. The zero-order valence-electron chi connectivity index (χ0n) is 23.9. The van der Waals surface area contributed by atoms with Crippen molar-refractivity contribution in [1.29, 1.82) is 0 Å². The highest BCUT2D eigenvalue weighted by Crippen LogP contribution is 2.26. The molecule has 1 aromatic heterocycles. The van der Waals surface area contributed by atoms with Crippen LogP contribution in [0.1, 0.15) is 40.5 Å². The molecular weight excluding hydrogens is 530 g/mol. The standard InChI is InChI=1S/C34H35N3O5/c1-4-9-30-24(3)35-31(26-10-6-5-7-11-26)37-32(30)36-28-16-14-27(15-17-28)34(40)42-21-8-20-41-29-18-12-25(13-19-29)22-23(2)33(38)39/h4-7,10-19,23H,1,8-9,20-22H2,2-3H3,(H,38,39)(H,35,36,37)/t23-/m0/s1. The topological polar surface area (TPSA) is 111 Å². The molecule has 0 aliphatic carbocycles. The monoisotopic (exact) mass is 565 g/mol. The molecule has 0 saturated carbocycles. The number of carbonyl (C=O) groups excluding carboxylic acids is 1. The van der Waals surface area contributed by atoms with Crippen molar-refractivity contribution in [2.75, 3.05) is 18.5 Å². The second-order valence-electron chi connectivity index (χ2n) is 9.95. The maximum absolute atomic E-state index is 12.5. The normalized spacial score (nSPS) is 11.4. The van der Waals surface area contributed by atoms with E-state index in [1.54, 1.807) is 19.1 Å². The van der Waals surface area contributed by atoms with Crippen molar-refractivity contribution < 1.29 is 24.2 Å². The summed E-state index contributed by atoms with van der Waals surface area (Å²) in [4.78, 5) is 33.0. The van der Waals surface area contributed by atoms with Crippen LogP contribution in [-0.4, -0.2) is 40.2 Å². The number of allylic oxidation sites excluding steroid dienone is 1. The number of aliphatic carboxylic acids is 1. The Labute approximate surface area is 246 Å². The molecule has 0 fully saturated rings. The summed E-state index contributed by atoms with van der Waals surface area (Å²) in [6.45, 7) is 8.12. The van der Waals surface area contributed by atoms with Gasteiger partial charge in [-0.05, 0) is 61.7 Å². The number of ether oxygens (including phenoxy) is 2. The molecule has 0 bridgehead atoms. The lowest BCUT2D eigenvalue weighted by molar-refractivity contribution is -0.141.